The number of aryl methyl sites for hydroxylation is 1. The van der Waals surface area contributed by atoms with Crippen LogP contribution in [0.5, 0.6) is 0 Å². The van der Waals surface area contributed by atoms with Gasteiger partial charge in [0.15, 0.2) is 0 Å². The molecule has 2 aromatic carbocycles. The van der Waals surface area contributed by atoms with Crippen LogP contribution in [0.2, 0.25) is 0 Å². The van der Waals surface area contributed by atoms with Crippen molar-refractivity contribution in [1.82, 2.24) is 15.0 Å². The van der Waals surface area contributed by atoms with Crippen LogP contribution < -0.4 is 16.4 Å². The second kappa shape index (κ2) is 9.18. The summed E-state index contributed by atoms with van der Waals surface area (Å²) in [6.45, 7) is 8.14. The molecule has 4 aromatic rings. The highest BCUT2D eigenvalue weighted by Gasteiger charge is 2.24. The summed E-state index contributed by atoms with van der Waals surface area (Å²) < 4.78 is 14.6. The molecule has 4 N–H and O–H groups in total. The zero-order chi connectivity index (χ0) is 24.5. The minimum absolute atomic E-state index is 0.0570. The van der Waals surface area contributed by atoms with Crippen molar-refractivity contribution in [1.29, 1.82) is 0 Å². The van der Waals surface area contributed by atoms with Crippen LogP contribution in [-0.2, 0) is 5.41 Å². The maximum absolute atomic E-state index is 14.6. The van der Waals surface area contributed by atoms with E-state index in [1.54, 1.807) is 30.5 Å². The number of amides is 2. The number of anilines is 3. The Morgan fingerprint density at radius 1 is 1.06 bits per heavy atom. The number of urea groups is 1. The van der Waals surface area contributed by atoms with Gasteiger partial charge in [0.2, 0.25) is 5.95 Å². The number of rotatable bonds is 4. The first-order chi connectivity index (χ1) is 16.1. The standard InChI is InChI=1S/C25H25FN6OS/c1-14-6-5-7-16(12-14)29-24(33)31-19-13-15(8-9-17(19)26)21-20(18-10-11-28-23(27)30-18)32-22(34-21)25(2,3)4/h5-13H,1-4H3,(H2,27,28,30)(H2,29,31,33). The third-order valence-corrected chi connectivity index (χ3v) is 6.47. The topological polar surface area (TPSA) is 106 Å². The SMILES string of the molecule is Cc1cccc(NC(=O)Nc2cc(-c3sc(C(C)(C)C)nc3-c3ccnc(N)n3)ccc2F)c1. The molecule has 0 aliphatic heterocycles. The Kier molecular flexibility index (Phi) is 6.30. The molecule has 0 saturated carbocycles. The molecule has 4 rings (SSSR count). The van der Waals surface area contributed by atoms with E-state index in [1.807, 2.05) is 25.1 Å². The highest BCUT2D eigenvalue weighted by atomic mass is 32.1. The molecule has 34 heavy (non-hydrogen) atoms. The molecule has 174 valence electrons. The number of carbonyl (C=O) groups excluding carboxylic acids is 1. The van der Waals surface area contributed by atoms with Gasteiger partial charge in [-0.2, -0.15) is 0 Å². The van der Waals surface area contributed by atoms with E-state index in [0.29, 0.717) is 22.6 Å². The Bertz CT molecular complexity index is 1360. The molecule has 0 aliphatic carbocycles. The average Bonchev–Trinajstić information content (AvgIpc) is 3.21. The van der Waals surface area contributed by atoms with Crippen molar-refractivity contribution in [3.63, 3.8) is 0 Å². The molecule has 0 bridgehead atoms. The average molecular weight is 477 g/mol. The minimum atomic E-state index is -0.545. The quantitative estimate of drug-likeness (QED) is 0.323. The number of aromatic nitrogens is 3. The zero-order valence-electron chi connectivity index (χ0n) is 19.3. The minimum Gasteiger partial charge on any atom is -0.368 e. The van der Waals surface area contributed by atoms with Gasteiger partial charge in [-0.25, -0.2) is 24.1 Å². The molecule has 0 saturated heterocycles. The van der Waals surface area contributed by atoms with Gasteiger partial charge in [0.25, 0.3) is 0 Å². The molecule has 0 aliphatic rings. The Hall–Kier alpha value is -3.85. The van der Waals surface area contributed by atoms with E-state index in [-0.39, 0.29) is 17.1 Å². The lowest BCUT2D eigenvalue weighted by Gasteiger charge is -2.13. The lowest BCUT2D eigenvalue weighted by Crippen LogP contribution is -2.20. The maximum atomic E-state index is 14.6. The van der Waals surface area contributed by atoms with Crippen LogP contribution in [0.15, 0.2) is 54.7 Å². The van der Waals surface area contributed by atoms with Crippen molar-refractivity contribution in [2.24, 2.45) is 0 Å². The van der Waals surface area contributed by atoms with Gasteiger partial charge in [0, 0.05) is 17.3 Å². The Morgan fingerprint density at radius 3 is 2.56 bits per heavy atom. The molecule has 0 unspecified atom stereocenters. The molecule has 0 spiro atoms. The van der Waals surface area contributed by atoms with Crippen molar-refractivity contribution >= 4 is 34.7 Å². The van der Waals surface area contributed by atoms with E-state index in [9.17, 15) is 9.18 Å². The molecule has 2 aromatic heterocycles. The zero-order valence-corrected chi connectivity index (χ0v) is 20.1. The fraction of sp³-hybridized carbons (Fsp3) is 0.200. The number of nitrogens with zero attached hydrogens (tertiary/aromatic N) is 3. The van der Waals surface area contributed by atoms with Gasteiger partial charge in [-0.05, 0) is 48.4 Å². The first kappa shape index (κ1) is 23.3. The molecule has 0 radical (unpaired) electrons. The number of benzene rings is 2. The number of nitrogens with two attached hydrogens (primary N) is 1. The summed E-state index contributed by atoms with van der Waals surface area (Å²) in [7, 11) is 0. The van der Waals surface area contributed by atoms with Crippen LogP contribution in [-0.4, -0.2) is 21.0 Å². The van der Waals surface area contributed by atoms with Crippen molar-refractivity contribution < 1.29 is 9.18 Å². The van der Waals surface area contributed by atoms with Gasteiger partial charge < -0.3 is 16.4 Å². The smallest absolute Gasteiger partial charge is 0.323 e. The maximum Gasteiger partial charge on any atom is 0.323 e. The molecule has 0 fully saturated rings. The largest absolute Gasteiger partial charge is 0.368 e. The van der Waals surface area contributed by atoms with Gasteiger partial charge in [-0.1, -0.05) is 39.0 Å². The summed E-state index contributed by atoms with van der Waals surface area (Å²) in [5.41, 5.74) is 9.18. The Labute approximate surface area is 201 Å². The van der Waals surface area contributed by atoms with Crippen LogP contribution in [0.4, 0.5) is 26.5 Å². The van der Waals surface area contributed by atoms with Crippen LogP contribution in [0.25, 0.3) is 21.8 Å². The van der Waals surface area contributed by atoms with Crippen LogP contribution in [0.3, 0.4) is 0 Å². The molecule has 7 nitrogen and oxygen atoms in total. The van der Waals surface area contributed by atoms with Crippen molar-refractivity contribution in [2.75, 3.05) is 16.4 Å². The van der Waals surface area contributed by atoms with E-state index in [0.717, 1.165) is 15.4 Å². The number of nitrogens with one attached hydrogen (secondary N) is 2. The van der Waals surface area contributed by atoms with Gasteiger partial charge in [0.05, 0.1) is 21.3 Å². The summed E-state index contributed by atoms with van der Waals surface area (Å²) in [4.78, 5) is 26.4. The van der Waals surface area contributed by atoms with E-state index >= 15 is 0 Å². The van der Waals surface area contributed by atoms with E-state index < -0.39 is 11.8 Å². The fourth-order valence-corrected chi connectivity index (χ4v) is 4.41. The highest BCUT2D eigenvalue weighted by Crippen LogP contribution is 2.41. The third-order valence-electron chi connectivity index (χ3n) is 4.94. The summed E-state index contributed by atoms with van der Waals surface area (Å²) in [6, 6.07) is 13.1. The lowest BCUT2D eigenvalue weighted by atomic mass is 9.98. The second-order valence-corrected chi connectivity index (χ2v) is 9.89. The first-order valence-corrected chi connectivity index (χ1v) is 11.5. The molecule has 2 amide bonds. The van der Waals surface area contributed by atoms with Gasteiger partial charge in [-0.15, -0.1) is 11.3 Å². The Balaban J connectivity index is 1.70. The fourth-order valence-electron chi connectivity index (χ4n) is 3.29. The summed E-state index contributed by atoms with van der Waals surface area (Å²) in [6.07, 6.45) is 1.57. The molecule has 9 heteroatoms. The predicted octanol–water partition coefficient (Wildman–Crippen LogP) is 6.24. The number of hydrogen-bond donors (Lipinski definition) is 3. The number of halogens is 1. The van der Waals surface area contributed by atoms with Gasteiger partial charge in [-0.3, -0.25) is 0 Å². The summed E-state index contributed by atoms with van der Waals surface area (Å²) in [5.74, 6) is -0.403. The van der Waals surface area contributed by atoms with Crippen molar-refractivity contribution in [2.45, 2.75) is 33.1 Å². The third kappa shape index (κ3) is 5.20. The van der Waals surface area contributed by atoms with Crippen LogP contribution in [0.1, 0.15) is 31.3 Å². The van der Waals surface area contributed by atoms with Crippen molar-refractivity contribution in [3.8, 4) is 21.8 Å². The van der Waals surface area contributed by atoms with E-state index in [4.69, 9.17) is 10.7 Å². The molecular formula is C25H25FN6OS. The van der Waals surface area contributed by atoms with Gasteiger partial charge in [0.1, 0.15) is 11.5 Å². The monoisotopic (exact) mass is 476 g/mol. The Morgan fingerprint density at radius 2 is 1.85 bits per heavy atom. The summed E-state index contributed by atoms with van der Waals surface area (Å²) in [5, 5.41) is 6.23. The predicted molar refractivity (Wildman–Crippen MR) is 135 cm³/mol. The highest BCUT2D eigenvalue weighted by molar-refractivity contribution is 7.15. The van der Waals surface area contributed by atoms with E-state index in [2.05, 4.69) is 41.4 Å². The number of thiazole rings is 1. The number of nitrogen functional groups attached to an aromatic ring is 1. The number of carbonyl (C=O) groups is 1. The molecule has 0 atom stereocenters. The second-order valence-electron chi connectivity index (χ2n) is 8.89. The molecule has 2 heterocycles. The van der Waals surface area contributed by atoms with E-state index in [1.165, 1.54) is 17.4 Å². The number of hydrogen-bond acceptors (Lipinski definition) is 6. The molecular weight excluding hydrogens is 451 g/mol. The first-order valence-electron chi connectivity index (χ1n) is 10.6. The van der Waals surface area contributed by atoms with Crippen LogP contribution >= 0.6 is 11.3 Å². The summed E-state index contributed by atoms with van der Waals surface area (Å²) >= 11 is 1.49. The van der Waals surface area contributed by atoms with Crippen LogP contribution in [0, 0.1) is 12.7 Å². The van der Waals surface area contributed by atoms with Gasteiger partial charge >= 0.3 is 6.03 Å². The van der Waals surface area contributed by atoms with Crippen molar-refractivity contribution in [3.05, 3.63) is 71.1 Å². The lowest BCUT2D eigenvalue weighted by molar-refractivity contribution is 0.262. The normalized spacial score (nSPS) is 11.3.